The Labute approximate surface area is 121 Å². The topological polar surface area (TPSA) is 147 Å². The third kappa shape index (κ3) is 2.16. The molecule has 11 heteroatoms. The van der Waals surface area contributed by atoms with Crippen LogP contribution >= 0.6 is 0 Å². The van der Waals surface area contributed by atoms with E-state index in [1.807, 2.05) is 0 Å². The molecular weight excluding hydrogens is 298 g/mol. The number of fused-ring (bicyclic) bond motifs is 1. The van der Waals surface area contributed by atoms with Gasteiger partial charge in [0.15, 0.2) is 5.69 Å². The van der Waals surface area contributed by atoms with E-state index >= 15 is 0 Å². The molecule has 0 saturated carbocycles. The molecule has 1 saturated heterocycles. The molecule has 0 bridgehead atoms. The van der Waals surface area contributed by atoms with Crippen LogP contribution in [-0.4, -0.2) is 46.1 Å². The van der Waals surface area contributed by atoms with Crippen LogP contribution in [0.3, 0.4) is 0 Å². The Kier molecular flexibility index (Phi) is 3.25. The molecule has 22 heavy (non-hydrogen) atoms. The fourth-order valence-electron chi connectivity index (χ4n) is 2.55. The molecule has 2 N–H and O–H groups in total. The van der Waals surface area contributed by atoms with Gasteiger partial charge in [-0.05, 0) is 0 Å². The molecule has 1 aromatic carbocycles. The Bertz CT molecular complexity index is 818. The molecule has 0 spiro atoms. The first-order valence-electron chi connectivity index (χ1n) is 6.39. The van der Waals surface area contributed by atoms with Gasteiger partial charge in [-0.25, -0.2) is 4.79 Å². The first kappa shape index (κ1) is 14.0. The summed E-state index contributed by atoms with van der Waals surface area (Å²) in [5.41, 5.74) is -1.70. The van der Waals surface area contributed by atoms with E-state index in [-0.39, 0.29) is 16.7 Å². The molecule has 0 aliphatic carbocycles. The molecule has 1 aliphatic rings. The van der Waals surface area contributed by atoms with E-state index in [1.165, 1.54) is 4.90 Å². The number of nitrogens with one attached hydrogen (secondary N) is 2. The van der Waals surface area contributed by atoms with Crippen LogP contribution in [0.15, 0.2) is 10.9 Å². The van der Waals surface area contributed by atoms with Crippen LogP contribution < -0.4 is 10.6 Å². The first-order valence-corrected chi connectivity index (χ1v) is 6.39. The molecule has 0 atom stereocenters. The number of imidazole rings is 1. The van der Waals surface area contributed by atoms with Gasteiger partial charge in [0.25, 0.3) is 0 Å². The number of nitro benzene ring substituents is 2. The average Bonchev–Trinajstić information content (AvgIpc) is 2.85. The lowest BCUT2D eigenvalue weighted by Crippen LogP contribution is -2.37. The second-order valence-corrected chi connectivity index (χ2v) is 4.71. The predicted octanol–water partition coefficient (Wildman–Crippen LogP) is 0.509. The zero-order valence-electron chi connectivity index (χ0n) is 11.2. The van der Waals surface area contributed by atoms with Gasteiger partial charge in [-0.2, -0.15) is 0 Å². The summed E-state index contributed by atoms with van der Waals surface area (Å²) < 4.78 is 5.17. The summed E-state index contributed by atoms with van der Waals surface area (Å²) in [5, 5.41) is 22.8. The minimum atomic E-state index is -0.718. The van der Waals surface area contributed by atoms with E-state index in [9.17, 15) is 25.0 Å². The van der Waals surface area contributed by atoms with Gasteiger partial charge in [0, 0.05) is 19.2 Å². The van der Waals surface area contributed by atoms with Crippen LogP contribution in [0, 0.1) is 20.2 Å². The van der Waals surface area contributed by atoms with Crippen molar-refractivity contribution in [2.45, 2.75) is 0 Å². The molecule has 0 radical (unpaired) electrons. The summed E-state index contributed by atoms with van der Waals surface area (Å²) in [5.74, 6) is 0. The number of hydrogen-bond acceptors (Lipinski definition) is 7. The van der Waals surface area contributed by atoms with Crippen molar-refractivity contribution in [3.05, 3.63) is 36.8 Å². The van der Waals surface area contributed by atoms with E-state index in [0.29, 0.717) is 26.3 Å². The number of benzene rings is 1. The minimum Gasteiger partial charge on any atom is -0.378 e. The Morgan fingerprint density at radius 3 is 2.41 bits per heavy atom. The van der Waals surface area contributed by atoms with Crippen LogP contribution in [0.2, 0.25) is 0 Å². The number of aromatic nitrogens is 2. The Balaban J connectivity index is 2.36. The van der Waals surface area contributed by atoms with Crippen molar-refractivity contribution in [3.8, 4) is 0 Å². The Hall–Kier alpha value is -2.95. The van der Waals surface area contributed by atoms with E-state index in [4.69, 9.17) is 4.74 Å². The van der Waals surface area contributed by atoms with E-state index in [1.54, 1.807) is 0 Å². The smallest absolute Gasteiger partial charge is 0.325 e. The van der Waals surface area contributed by atoms with Gasteiger partial charge in [0.05, 0.1) is 28.6 Å². The highest BCUT2D eigenvalue weighted by molar-refractivity contribution is 5.97. The fourth-order valence-corrected chi connectivity index (χ4v) is 2.55. The molecule has 1 aliphatic heterocycles. The van der Waals surface area contributed by atoms with Crippen molar-refractivity contribution in [2.24, 2.45) is 0 Å². The van der Waals surface area contributed by atoms with Gasteiger partial charge < -0.3 is 14.6 Å². The summed E-state index contributed by atoms with van der Waals surface area (Å²) >= 11 is 0. The highest BCUT2D eigenvalue weighted by Gasteiger charge is 2.34. The molecule has 1 aromatic heterocycles. The molecule has 1 fully saturated rings. The van der Waals surface area contributed by atoms with Crippen molar-refractivity contribution in [1.29, 1.82) is 0 Å². The molecule has 116 valence electrons. The first-order chi connectivity index (χ1) is 10.5. The summed E-state index contributed by atoms with van der Waals surface area (Å²) in [6.45, 7) is 1.22. The van der Waals surface area contributed by atoms with Crippen molar-refractivity contribution < 1.29 is 14.6 Å². The van der Waals surface area contributed by atoms with Crippen molar-refractivity contribution in [2.75, 3.05) is 31.2 Å². The van der Waals surface area contributed by atoms with Crippen molar-refractivity contribution in [1.82, 2.24) is 9.97 Å². The zero-order chi connectivity index (χ0) is 15.9. The standard InChI is InChI=1S/C11H11N5O6/c17-11-12-6-5-7(15(18)19)9(14-1-3-22-4-2-14)10(16(20)21)8(6)13-11/h5H,1-4H2,(H2,12,13,17). The van der Waals surface area contributed by atoms with Crippen molar-refractivity contribution >= 4 is 28.1 Å². The van der Waals surface area contributed by atoms with Gasteiger partial charge in [0.2, 0.25) is 0 Å². The maximum atomic E-state index is 11.5. The van der Waals surface area contributed by atoms with Crippen LogP contribution in [0.1, 0.15) is 0 Å². The number of anilines is 1. The Morgan fingerprint density at radius 1 is 1.14 bits per heavy atom. The molecule has 2 aromatic rings. The van der Waals surface area contributed by atoms with E-state index in [0.717, 1.165) is 6.07 Å². The summed E-state index contributed by atoms with van der Waals surface area (Å²) in [6, 6.07) is 1.13. The molecule has 11 nitrogen and oxygen atoms in total. The van der Waals surface area contributed by atoms with Crippen LogP contribution in [0.25, 0.3) is 11.0 Å². The van der Waals surface area contributed by atoms with Gasteiger partial charge in [0.1, 0.15) is 5.52 Å². The molecule has 0 unspecified atom stereocenters. The van der Waals surface area contributed by atoms with E-state index in [2.05, 4.69) is 9.97 Å². The molecule has 2 heterocycles. The number of hydrogen-bond donors (Lipinski definition) is 2. The molecular formula is C11H11N5O6. The monoisotopic (exact) mass is 309 g/mol. The lowest BCUT2D eigenvalue weighted by atomic mass is 10.1. The third-order valence-electron chi connectivity index (χ3n) is 3.45. The summed E-state index contributed by atoms with van der Waals surface area (Å²) in [7, 11) is 0. The van der Waals surface area contributed by atoms with E-state index < -0.39 is 26.9 Å². The fraction of sp³-hybridized carbons (Fsp3) is 0.364. The lowest BCUT2D eigenvalue weighted by molar-refractivity contribution is -0.391. The van der Waals surface area contributed by atoms with Crippen LogP contribution in [-0.2, 0) is 4.74 Å². The number of nitro groups is 2. The Morgan fingerprint density at radius 2 is 1.82 bits per heavy atom. The van der Waals surface area contributed by atoms with Gasteiger partial charge >= 0.3 is 17.1 Å². The SMILES string of the molecule is O=c1[nH]c2cc([N+](=O)[O-])c(N3CCOCC3)c([N+](=O)[O-])c2[nH]1. The number of morpholine rings is 1. The maximum absolute atomic E-state index is 11.5. The van der Waals surface area contributed by atoms with Crippen LogP contribution in [0.4, 0.5) is 17.1 Å². The predicted molar refractivity (Wildman–Crippen MR) is 75.3 cm³/mol. The highest BCUT2D eigenvalue weighted by Crippen LogP contribution is 2.42. The second kappa shape index (κ2) is 5.11. The van der Waals surface area contributed by atoms with Gasteiger partial charge in [-0.1, -0.05) is 0 Å². The minimum absolute atomic E-state index is 0.0282. The van der Waals surface area contributed by atoms with Crippen LogP contribution in [0.5, 0.6) is 0 Å². The second-order valence-electron chi connectivity index (χ2n) is 4.71. The largest absolute Gasteiger partial charge is 0.378 e. The average molecular weight is 309 g/mol. The zero-order valence-corrected chi connectivity index (χ0v) is 11.2. The summed E-state index contributed by atoms with van der Waals surface area (Å²) in [6.07, 6.45) is 0. The normalized spacial score (nSPS) is 15.2. The summed E-state index contributed by atoms with van der Waals surface area (Å²) in [4.78, 5) is 38.9. The molecule has 3 rings (SSSR count). The number of ether oxygens (including phenoxy) is 1. The number of nitrogens with zero attached hydrogens (tertiary/aromatic N) is 3. The highest BCUT2D eigenvalue weighted by atomic mass is 16.6. The van der Waals surface area contributed by atoms with Crippen molar-refractivity contribution in [3.63, 3.8) is 0 Å². The number of H-pyrrole nitrogens is 2. The molecule has 0 amide bonds. The lowest BCUT2D eigenvalue weighted by Gasteiger charge is -2.28. The maximum Gasteiger partial charge on any atom is 0.325 e. The van der Waals surface area contributed by atoms with Gasteiger partial charge in [-0.15, -0.1) is 0 Å². The number of rotatable bonds is 3. The quantitative estimate of drug-likeness (QED) is 0.619. The van der Waals surface area contributed by atoms with Gasteiger partial charge in [-0.3, -0.25) is 25.2 Å². The third-order valence-corrected chi connectivity index (χ3v) is 3.45. The number of aromatic amines is 2.